The molecule has 0 radical (unpaired) electrons. The summed E-state index contributed by atoms with van der Waals surface area (Å²) in [5.74, 6) is -2.06. The molecule has 0 N–H and O–H groups in total. The Balaban J connectivity index is 1.26. The van der Waals surface area contributed by atoms with E-state index >= 15 is 0 Å². The van der Waals surface area contributed by atoms with Crippen molar-refractivity contribution in [1.82, 2.24) is 0 Å². The lowest BCUT2D eigenvalue weighted by molar-refractivity contribution is 0.0729. The number of rotatable bonds is 9. The molecule has 6 heteroatoms. The Bertz CT molecular complexity index is 1180. The van der Waals surface area contributed by atoms with E-state index in [4.69, 9.17) is 10.00 Å². The van der Waals surface area contributed by atoms with Crippen LogP contribution in [0.2, 0.25) is 0 Å². The average Bonchev–Trinajstić information content (AvgIpc) is 2.93. The first kappa shape index (κ1) is 28.9. The summed E-state index contributed by atoms with van der Waals surface area (Å²) in [4.78, 5) is 12.4. The first-order valence-corrected chi connectivity index (χ1v) is 14.5. The number of nitrogens with zero attached hydrogens (tertiary/aromatic N) is 1. The predicted molar refractivity (Wildman–Crippen MR) is 146 cm³/mol. The van der Waals surface area contributed by atoms with E-state index in [1.165, 1.54) is 69.6 Å². The zero-order valence-corrected chi connectivity index (χ0v) is 22.7. The van der Waals surface area contributed by atoms with Crippen LogP contribution in [0, 0.1) is 46.5 Å². The van der Waals surface area contributed by atoms with Gasteiger partial charge in [-0.25, -0.2) is 18.0 Å². The van der Waals surface area contributed by atoms with Crippen LogP contribution in [0.3, 0.4) is 0 Å². The number of hydrogen-bond donors (Lipinski definition) is 0. The van der Waals surface area contributed by atoms with Gasteiger partial charge in [0.05, 0.1) is 5.56 Å². The minimum Gasteiger partial charge on any atom is -0.423 e. The van der Waals surface area contributed by atoms with E-state index in [-0.39, 0.29) is 11.5 Å². The van der Waals surface area contributed by atoms with Gasteiger partial charge < -0.3 is 4.74 Å². The van der Waals surface area contributed by atoms with Gasteiger partial charge in [0.1, 0.15) is 34.8 Å². The van der Waals surface area contributed by atoms with Crippen LogP contribution < -0.4 is 4.74 Å². The monoisotopic (exact) mass is 537 g/mol. The molecule has 2 aromatic rings. The molecule has 208 valence electrons. The summed E-state index contributed by atoms with van der Waals surface area (Å²) in [5.41, 5.74) is -0.222. The Kier molecular flexibility index (Phi) is 10.3. The number of ether oxygens (including phenoxy) is 1. The maximum absolute atomic E-state index is 14.8. The zero-order valence-electron chi connectivity index (χ0n) is 22.7. The van der Waals surface area contributed by atoms with Crippen LogP contribution in [-0.4, -0.2) is 5.97 Å². The van der Waals surface area contributed by atoms with E-state index in [9.17, 15) is 18.0 Å². The lowest BCUT2D eigenvalue weighted by atomic mass is 9.76. The van der Waals surface area contributed by atoms with Gasteiger partial charge in [0.15, 0.2) is 0 Å². The first-order valence-electron chi connectivity index (χ1n) is 14.5. The second kappa shape index (κ2) is 13.8. The number of carbonyl (C=O) groups excluding carboxylic acids is 1. The summed E-state index contributed by atoms with van der Waals surface area (Å²) in [6, 6.07) is 7.35. The van der Waals surface area contributed by atoms with E-state index < -0.39 is 34.7 Å². The molecule has 0 aromatic heterocycles. The standard InChI is InChI=1S/C33H38F3NO2/c1-2-3-4-5-22-6-8-23(9-7-22)10-11-24-12-14-25(15-13-24)26-16-17-28(30(34)18-26)33(38)39-27-19-31(35)29(21-37)32(36)20-27/h10-11,16-20,22-25H,2-9,12-15H2,1H3. The lowest BCUT2D eigenvalue weighted by Gasteiger charge is -2.29. The molecule has 2 aliphatic carbocycles. The van der Waals surface area contributed by atoms with Crippen molar-refractivity contribution in [3.8, 4) is 11.8 Å². The van der Waals surface area contributed by atoms with E-state index in [2.05, 4.69) is 19.1 Å². The van der Waals surface area contributed by atoms with Crippen molar-refractivity contribution in [1.29, 1.82) is 5.26 Å². The van der Waals surface area contributed by atoms with Crippen molar-refractivity contribution >= 4 is 5.97 Å². The molecule has 4 rings (SSSR count). The summed E-state index contributed by atoms with van der Waals surface area (Å²) < 4.78 is 47.4. The molecule has 2 fully saturated rings. The highest BCUT2D eigenvalue weighted by Gasteiger charge is 2.25. The molecule has 2 saturated carbocycles. The van der Waals surface area contributed by atoms with E-state index in [0.29, 0.717) is 11.8 Å². The third-order valence-corrected chi connectivity index (χ3v) is 8.56. The normalized spacial score (nSPS) is 23.5. The third-order valence-electron chi connectivity index (χ3n) is 8.56. The topological polar surface area (TPSA) is 50.1 Å². The quantitative estimate of drug-likeness (QED) is 0.139. The fraction of sp³-hybridized carbons (Fsp3) is 0.515. The minimum atomic E-state index is -1.15. The molecule has 0 atom stereocenters. The highest BCUT2D eigenvalue weighted by Crippen LogP contribution is 2.38. The molecule has 39 heavy (non-hydrogen) atoms. The molecule has 0 spiro atoms. The number of unbranched alkanes of at least 4 members (excludes halogenated alkanes) is 2. The van der Waals surface area contributed by atoms with Gasteiger partial charge in [-0.2, -0.15) is 5.26 Å². The Hall–Kier alpha value is -3.07. The van der Waals surface area contributed by atoms with Gasteiger partial charge in [-0.15, -0.1) is 0 Å². The van der Waals surface area contributed by atoms with Gasteiger partial charge in [0.25, 0.3) is 0 Å². The molecular formula is C33H38F3NO2. The number of carbonyl (C=O) groups is 1. The van der Waals surface area contributed by atoms with Crippen LogP contribution in [0.1, 0.15) is 111 Å². The molecular weight excluding hydrogens is 499 g/mol. The van der Waals surface area contributed by atoms with E-state index in [0.717, 1.165) is 49.3 Å². The van der Waals surface area contributed by atoms with Gasteiger partial charge in [0, 0.05) is 12.1 Å². The number of allylic oxidation sites excluding steroid dienone is 2. The number of halogens is 3. The molecule has 0 heterocycles. The predicted octanol–water partition coefficient (Wildman–Crippen LogP) is 9.41. The molecule has 2 aromatic carbocycles. The minimum absolute atomic E-state index is 0.231. The van der Waals surface area contributed by atoms with Crippen LogP contribution >= 0.6 is 0 Å². The summed E-state index contributed by atoms with van der Waals surface area (Å²) in [7, 11) is 0. The van der Waals surface area contributed by atoms with Crippen molar-refractivity contribution in [2.45, 2.75) is 89.9 Å². The first-order chi connectivity index (χ1) is 18.9. The van der Waals surface area contributed by atoms with E-state index in [1.54, 1.807) is 6.07 Å². The average molecular weight is 538 g/mol. The largest absolute Gasteiger partial charge is 0.423 e. The van der Waals surface area contributed by atoms with Crippen LogP contribution in [0.25, 0.3) is 0 Å². The Morgan fingerprint density at radius 3 is 2.08 bits per heavy atom. The Morgan fingerprint density at radius 1 is 0.897 bits per heavy atom. The molecule has 0 bridgehead atoms. The van der Waals surface area contributed by atoms with Gasteiger partial charge in [-0.1, -0.05) is 50.8 Å². The van der Waals surface area contributed by atoms with Gasteiger partial charge in [-0.3, -0.25) is 0 Å². The van der Waals surface area contributed by atoms with E-state index in [1.807, 2.05) is 0 Å². The number of esters is 1. The number of hydrogen-bond acceptors (Lipinski definition) is 3. The molecule has 0 unspecified atom stereocenters. The molecule has 2 aliphatic rings. The second-order valence-electron chi connectivity index (χ2n) is 11.3. The van der Waals surface area contributed by atoms with Gasteiger partial charge in [-0.05, 0) is 92.7 Å². The summed E-state index contributed by atoms with van der Waals surface area (Å²) in [5, 5.41) is 8.76. The van der Waals surface area contributed by atoms with Crippen molar-refractivity contribution < 1.29 is 22.7 Å². The van der Waals surface area contributed by atoms with Gasteiger partial charge in [0.2, 0.25) is 0 Å². The fourth-order valence-electron chi connectivity index (χ4n) is 6.14. The lowest BCUT2D eigenvalue weighted by Crippen LogP contribution is -2.15. The van der Waals surface area contributed by atoms with Crippen molar-refractivity contribution in [3.63, 3.8) is 0 Å². The fourth-order valence-corrected chi connectivity index (χ4v) is 6.14. The summed E-state index contributed by atoms with van der Waals surface area (Å²) in [6.07, 6.45) is 19.7. The van der Waals surface area contributed by atoms with Crippen molar-refractivity contribution in [2.24, 2.45) is 17.8 Å². The second-order valence-corrected chi connectivity index (χ2v) is 11.3. The molecule has 0 saturated heterocycles. The number of nitriles is 1. The Labute approximate surface area is 230 Å². The smallest absolute Gasteiger partial charge is 0.346 e. The van der Waals surface area contributed by atoms with Crippen molar-refractivity contribution in [3.05, 3.63) is 76.6 Å². The SMILES string of the molecule is CCCCCC1CCC(C=CC2CCC(c3ccc(C(=O)Oc4cc(F)c(C#N)c(F)c4)c(F)c3)CC2)CC1. The summed E-state index contributed by atoms with van der Waals surface area (Å²) in [6.45, 7) is 2.26. The summed E-state index contributed by atoms with van der Waals surface area (Å²) >= 11 is 0. The molecule has 0 amide bonds. The van der Waals surface area contributed by atoms with Crippen LogP contribution in [0.15, 0.2) is 42.5 Å². The van der Waals surface area contributed by atoms with Gasteiger partial charge >= 0.3 is 5.97 Å². The highest BCUT2D eigenvalue weighted by atomic mass is 19.1. The maximum atomic E-state index is 14.8. The van der Waals surface area contributed by atoms with Crippen LogP contribution in [0.5, 0.6) is 5.75 Å². The zero-order chi connectivity index (χ0) is 27.8. The maximum Gasteiger partial charge on any atom is 0.346 e. The third kappa shape index (κ3) is 7.75. The Morgan fingerprint density at radius 2 is 1.51 bits per heavy atom. The van der Waals surface area contributed by atoms with Crippen LogP contribution in [0.4, 0.5) is 13.2 Å². The highest BCUT2D eigenvalue weighted by molar-refractivity contribution is 5.91. The van der Waals surface area contributed by atoms with Crippen molar-refractivity contribution in [2.75, 3.05) is 0 Å². The number of benzene rings is 2. The molecule has 0 aliphatic heterocycles. The molecule has 3 nitrogen and oxygen atoms in total. The van der Waals surface area contributed by atoms with Crippen LogP contribution in [-0.2, 0) is 0 Å².